The molecule has 2 rings (SSSR count). The van der Waals surface area contributed by atoms with Crippen LogP contribution in [0.3, 0.4) is 0 Å². The number of para-hydroxylation sites is 1. The Labute approximate surface area is 109 Å². The van der Waals surface area contributed by atoms with Crippen LogP contribution in [0.4, 0.5) is 5.69 Å². The highest BCUT2D eigenvalue weighted by atomic mass is 16.2. The van der Waals surface area contributed by atoms with Gasteiger partial charge < -0.3 is 10.6 Å². The summed E-state index contributed by atoms with van der Waals surface area (Å²) in [6.07, 6.45) is 3.97. The Kier molecular flexibility index (Phi) is 3.71. The third kappa shape index (κ3) is 2.41. The molecule has 1 fully saturated rings. The Morgan fingerprint density at radius 3 is 2.56 bits per heavy atom. The Bertz CT molecular complexity index is 432. The minimum absolute atomic E-state index is 0.0774. The normalized spacial score (nSPS) is 17.1. The van der Waals surface area contributed by atoms with Gasteiger partial charge in [0, 0.05) is 19.2 Å². The molecule has 1 saturated carbocycles. The maximum Gasteiger partial charge on any atom is 0.227 e. The van der Waals surface area contributed by atoms with Crippen molar-refractivity contribution in [3.05, 3.63) is 29.8 Å². The molecule has 0 atom stereocenters. The van der Waals surface area contributed by atoms with E-state index >= 15 is 0 Å². The molecule has 1 aromatic rings. The molecule has 0 spiro atoms. The summed E-state index contributed by atoms with van der Waals surface area (Å²) < 4.78 is 0. The van der Waals surface area contributed by atoms with Crippen molar-refractivity contribution in [3.8, 4) is 0 Å². The fourth-order valence-electron chi connectivity index (χ4n) is 2.64. The number of rotatable bonds is 4. The summed E-state index contributed by atoms with van der Waals surface area (Å²) in [7, 11) is 1.85. The van der Waals surface area contributed by atoms with Gasteiger partial charge in [-0.2, -0.15) is 0 Å². The standard InChI is InChI=1S/C15H22N2O/c1-12-6-3-4-7-13(12)17(2)14(18)10-15(11-16)8-5-9-15/h3-4,6-7H,5,8-11,16H2,1-2H3. The molecule has 0 aromatic heterocycles. The maximum absolute atomic E-state index is 12.3. The number of anilines is 1. The first-order valence-corrected chi connectivity index (χ1v) is 6.60. The van der Waals surface area contributed by atoms with Gasteiger partial charge >= 0.3 is 0 Å². The van der Waals surface area contributed by atoms with Crippen LogP contribution in [0.1, 0.15) is 31.2 Å². The second-order valence-corrected chi connectivity index (χ2v) is 5.47. The predicted molar refractivity (Wildman–Crippen MR) is 74.5 cm³/mol. The van der Waals surface area contributed by atoms with E-state index in [1.807, 2.05) is 38.2 Å². The number of nitrogens with zero attached hydrogens (tertiary/aromatic N) is 1. The molecule has 0 bridgehead atoms. The first kappa shape index (κ1) is 13.1. The first-order chi connectivity index (χ1) is 8.58. The summed E-state index contributed by atoms with van der Waals surface area (Å²) in [6.45, 7) is 2.65. The molecule has 1 amide bonds. The number of amides is 1. The third-order valence-electron chi connectivity index (χ3n) is 4.22. The molecule has 3 heteroatoms. The van der Waals surface area contributed by atoms with Crippen LogP contribution >= 0.6 is 0 Å². The first-order valence-electron chi connectivity index (χ1n) is 6.60. The van der Waals surface area contributed by atoms with Gasteiger partial charge in [0.2, 0.25) is 5.91 Å². The second kappa shape index (κ2) is 5.11. The maximum atomic E-state index is 12.3. The Hall–Kier alpha value is -1.35. The van der Waals surface area contributed by atoms with Crippen molar-refractivity contribution in [2.75, 3.05) is 18.5 Å². The van der Waals surface area contributed by atoms with E-state index in [2.05, 4.69) is 0 Å². The number of benzene rings is 1. The molecule has 98 valence electrons. The minimum Gasteiger partial charge on any atom is -0.330 e. The van der Waals surface area contributed by atoms with Gasteiger partial charge in [-0.15, -0.1) is 0 Å². The van der Waals surface area contributed by atoms with Crippen molar-refractivity contribution in [2.45, 2.75) is 32.6 Å². The van der Waals surface area contributed by atoms with E-state index in [0.29, 0.717) is 13.0 Å². The number of hydrogen-bond acceptors (Lipinski definition) is 2. The molecule has 0 aliphatic heterocycles. The van der Waals surface area contributed by atoms with Crippen molar-refractivity contribution < 1.29 is 4.79 Å². The molecule has 0 saturated heterocycles. The summed E-state index contributed by atoms with van der Waals surface area (Å²) in [5, 5.41) is 0. The molecule has 0 heterocycles. The largest absolute Gasteiger partial charge is 0.330 e. The second-order valence-electron chi connectivity index (χ2n) is 5.47. The van der Waals surface area contributed by atoms with E-state index in [1.165, 1.54) is 6.42 Å². The van der Waals surface area contributed by atoms with Crippen LogP contribution in [0, 0.1) is 12.3 Å². The molecule has 3 nitrogen and oxygen atoms in total. The van der Waals surface area contributed by atoms with E-state index in [9.17, 15) is 4.79 Å². The van der Waals surface area contributed by atoms with Crippen molar-refractivity contribution in [1.82, 2.24) is 0 Å². The van der Waals surface area contributed by atoms with Gasteiger partial charge in [0.15, 0.2) is 0 Å². The third-order valence-corrected chi connectivity index (χ3v) is 4.22. The lowest BCUT2D eigenvalue weighted by Gasteiger charge is -2.41. The van der Waals surface area contributed by atoms with Crippen LogP contribution < -0.4 is 10.6 Å². The molecule has 1 aliphatic rings. The molecule has 18 heavy (non-hydrogen) atoms. The fourth-order valence-corrected chi connectivity index (χ4v) is 2.64. The molecular formula is C15H22N2O. The zero-order chi connectivity index (χ0) is 13.2. The van der Waals surface area contributed by atoms with Crippen molar-refractivity contribution in [1.29, 1.82) is 0 Å². The van der Waals surface area contributed by atoms with Crippen molar-refractivity contribution in [2.24, 2.45) is 11.1 Å². The lowest BCUT2D eigenvalue weighted by Crippen LogP contribution is -2.42. The molecular weight excluding hydrogens is 224 g/mol. The van der Waals surface area contributed by atoms with E-state index in [1.54, 1.807) is 4.90 Å². The predicted octanol–water partition coefficient (Wildman–Crippen LogP) is 2.48. The average molecular weight is 246 g/mol. The van der Waals surface area contributed by atoms with E-state index in [0.717, 1.165) is 24.1 Å². The number of aryl methyl sites for hydroxylation is 1. The number of hydrogen-bond donors (Lipinski definition) is 1. The van der Waals surface area contributed by atoms with Gasteiger partial charge in [0.1, 0.15) is 0 Å². The van der Waals surface area contributed by atoms with Crippen LogP contribution in [-0.2, 0) is 4.79 Å². The SMILES string of the molecule is Cc1ccccc1N(C)C(=O)CC1(CN)CCC1. The highest BCUT2D eigenvalue weighted by molar-refractivity contribution is 5.94. The Balaban J connectivity index is 2.07. The number of carbonyl (C=O) groups is 1. The zero-order valence-corrected chi connectivity index (χ0v) is 11.3. The smallest absolute Gasteiger partial charge is 0.227 e. The van der Waals surface area contributed by atoms with Crippen LogP contribution in [0.25, 0.3) is 0 Å². The summed E-state index contributed by atoms with van der Waals surface area (Å²) in [4.78, 5) is 14.1. The number of nitrogens with two attached hydrogens (primary N) is 1. The summed E-state index contributed by atoms with van der Waals surface area (Å²) in [6, 6.07) is 7.98. The van der Waals surface area contributed by atoms with E-state index in [4.69, 9.17) is 5.73 Å². The Morgan fingerprint density at radius 2 is 2.06 bits per heavy atom. The quantitative estimate of drug-likeness (QED) is 0.887. The minimum atomic E-state index is 0.0774. The molecule has 0 radical (unpaired) electrons. The van der Waals surface area contributed by atoms with Crippen LogP contribution in [-0.4, -0.2) is 19.5 Å². The lowest BCUT2D eigenvalue weighted by molar-refractivity contribution is -0.121. The topological polar surface area (TPSA) is 46.3 Å². The highest BCUT2D eigenvalue weighted by Gasteiger charge is 2.38. The Morgan fingerprint density at radius 1 is 1.39 bits per heavy atom. The van der Waals surface area contributed by atoms with Gasteiger partial charge in [-0.05, 0) is 43.4 Å². The van der Waals surface area contributed by atoms with E-state index in [-0.39, 0.29) is 11.3 Å². The van der Waals surface area contributed by atoms with Crippen LogP contribution in [0.5, 0.6) is 0 Å². The van der Waals surface area contributed by atoms with Gasteiger partial charge in [-0.25, -0.2) is 0 Å². The molecule has 1 aliphatic carbocycles. The zero-order valence-electron chi connectivity index (χ0n) is 11.3. The van der Waals surface area contributed by atoms with E-state index < -0.39 is 0 Å². The molecule has 1 aromatic carbocycles. The monoisotopic (exact) mass is 246 g/mol. The van der Waals surface area contributed by atoms with Gasteiger partial charge in [0.25, 0.3) is 0 Å². The fraction of sp³-hybridized carbons (Fsp3) is 0.533. The van der Waals surface area contributed by atoms with Crippen molar-refractivity contribution >= 4 is 11.6 Å². The van der Waals surface area contributed by atoms with Crippen LogP contribution in [0.2, 0.25) is 0 Å². The van der Waals surface area contributed by atoms with Crippen molar-refractivity contribution in [3.63, 3.8) is 0 Å². The van der Waals surface area contributed by atoms with Crippen LogP contribution in [0.15, 0.2) is 24.3 Å². The number of carbonyl (C=O) groups excluding carboxylic acids is 1. The van der Waals surface area contributed by atoms with Gasteiger partial charge in [-0.3, -0.25) is 4.79 Å². The summed E-state index contributed by atoms with van der Waals surface area (Å²) >= 11 is 0. The lowest BCUT2D eigenvalue weighted by atomic mass is 9.66. The van der Waals surface area contributed by atoms with Gasteiger partial charge in [0.05, 0.1) is 0 Å². The van der Waals surface area contributed by atoms with Gasteiger partial charge in [-0.1, -0.05) is 24.6 Å². The highest BCUT2D eigenvalue weighted by Crippen LogP contribution is 2.43. The summed E-state index contributed by atoms with van der Waals surface area (Å²) in [5.41, 5.74) is 8.02. The molecule has 2 N–H and O–H groups in total. The average Bonchev–Trinajstić information content (AvgIpc) is 2.33. The summed E-state index contributed by atoms with van der Waals surface area (Å²) in [5.74, 6) is 0.175. The molecule has 0 unspecified atom stereocenters.